The Kier molecular flexibility index (Phi) is 45.2. The van der Waals surface area contributed by atoms with Gasteiger partial charge in [-0.15, -0.1) is 0 Å². The Morgan fingerprint density at radius 1 is 0.508 bits per heavy atom. The van der Waals surface area contributed by atoms with Gasteiger partial charge in [-0.3, -0.25) is 0 Å². The number of hydrogen-bond acceptors (Lipinski definition) is 0. The number of unbranched alkanes of at least 4 members (excludes halogenated alkanes) is 4. The Balaban J connectivity index is -0.000000766. The zero-order valence-electron chi connectivity index (χ0n) is 40.3. The van der Waals surface area contributed by atoms with Crippen molar-refractivity contribution in [2.75, 3.05) is 0 Å². The topological polar surface area (TPSA) is 164 Å². The number of guanidine groups is 2. The molecule has 0 atom stereocenters. The van der Waals surface area contributed by atoms with Crippen molar-refractivity contribution < 1.29 is 40.2 Å². The van der Waals surface area contributed by atoms with Crippen molar-refractivity contribution in [3.8, 4) is 0 Å². The summed E-state index contributed by atoms with van der Waals surface area (Å²) in [6.07, 6.45) is 14.1. The van der Waals surface area contributed by atoms with Crippen LogP contribution in [0.15, 0.2) is 109 Å². The van der Waals surface area contributed by atoms with E-state index in [0.717, 1.165) is 6.54 Å². The molecule has 10 heteroatoms. The minimum atomic E-state index is -2.28. The summed E-state index contributed by atoms with van der Waals surface area (Å²) in [7, 11) is 0. The number of nitrogens with one attached hydrogen (secondary N) is 2. The molecule has 4 aromatic rings. The summed E-state index contributed by atoms with van der Waals surface area (Å²) in [4.78, 5) is 5.92. The maximum Gasteiger partial charge on any atom is -0.412 e. The Hall–Kier alpha value is -2.14. The van der Waals surface area contributed by atoms with E-state index in [0.29, 0.717) is 12.5 Å². The van der Waals surface area contributed by atoms with Gasteiger partial charge in [0.2, 0.25) is 0 Å². The average Bonchev–Trinajstić information content (AvgIpc) is 3.26. The molecule has 7 nitrogen and oxygen atoms in total. The van der Waals surface area contributed by atoms with Crippen LogP contribution >= 0.6 is 0 Å². The van der Waals surface area contributed by atoms with Crippen molar-refractivity contribution in [3.05, 3.63) is 131 Å². The van der Waals surface area contributed by atoms with E-state index in [1.165, 1.54) is 103 Å². The Morgan fingerprint density at radius 3 is 1.29 bits per heavy atom. The molecule has 0 saturated carbocycles. The Bertz CT molecular complexity index is 1620. The van der Waals surface area contributed by atoms with Gasteiger partial charge in [-0.25, -0.2) is 0 Å². The Labute approximate surface area is 414 Å². The molecule has 0 aromatic heterocycles. The third-order valence-electron chi connectivity index (χ3n) is 10.4. The van der Waals surface area contributed by atoms with Crippen molar-refractivity contribution >= 4 is 56.9 Å². The van der Waals surface area contributed by atoms with Gasteiger partial charge in [0, 0.05) is 0 Å². The van der Waals surface area contributed by atoms with Gasteiger partial charge < -0.3 is 5.48 Å². The molecule has 0 amide bonds. The summed E-state index contributed by atoms with van der Waals surface area (Å²) in [5.41, 5.74) is 26.8. The van der Waals surface area contributed by atoms with Gasteiger partial charge in [-0.2, -0.15) is 0 Å². The first-order chi connectivity index (χ1) is 29.4. The maximum absolute atomic E-state index is 5.54. The predicted octanol–water partition coefficient (Wildman–Crippen LogP) is 8.21. The minimum absolute atomic E-state index is 0. The second-order valence-corrected chi connectivity index (χ2v) is 39.7. The van der Waals surface area contributed by atoms with Gasteiger partial charge in [0.15, 0.2) is 0 Å². The first-order valence-corrected chi connectivity index (χ1v) is 38.3. The number of benzene rings is 4. The fourth-order valence-corrected chi connectivity index (χ4v) is 32.8. The molecule has 0 aliphatic rings. The van der Waals surface area contributed by atoms with Crippen LogP contribution in [0.1, 0.15) is 135 Å². The molecule has 0 aliphatic heterocycles. The summed E-state index contributed by atoms with van der Waals surface area (Å²) >= 11 is -1.43. The van der Waals surface area contributed by atoms with Gasteiger partial charge >= 0.3 is 320 Å². The van der Waals surface area contributed by atoms with Gasteiger partial charge in [0.25, 0.3) is 0 Å². The van der Waals surface area contributed by atoms with Crippen LogP contribution in [-0.2, 0) is 13.1 Å². The number of nitrogens with two attached hydrogens (primary N) is 4. The number of rotatable bonds is 21. The van der Waals surface area contributed by atoms with Gasteiger partial charge in [-0.05, 0) is 13.8 Å². The Morgan fingerprint density at radius 2 is 0.937 bits per heavy atom. The van der Waals surface area contributed by atoms with Crippen molar-refractivity contribution in [1.82, 2.24) is 0 Å². The molecule has 0 fully saturated rings. The molecule has 1 radical (unpaired) electrons. The quantitative estimate of drug-likeness (QED) is 0.0282. The second kappa shape index (κ2) is 43.7. The molecule has 63 heavy (non-hydrogen) atoms. The van der Waals surface area contributed by atoms with E-state index in [-0.39, 0.29) is 18.9 Å². The SMILES string of the molecule is C.CCC[CH2][Sn]([CH2]CC)([CH2]CCC)[c]1cccc(C[NH+]=C(N)N)c1.CCC[CH2][Sn]([CH2]CC)[CH2]CCC.Cc1ccccc1.Cc1ccccc1.NC(N)=[NH+]Cc1cccc([211At])c1.O. The molecule has 12 N–H and O–H groups in total. The van der Waals surface area contributed by atoms with Crippen LogP contribution in [0.2, 0.25) is 26.6 Å². The minimum Gasteiger partial charge on any atom is -0.412 e. The zero-order valence-corrected chi connectivity index (χ0v) is 49.0. The van der Waals surface area contributed by atoms with Gasteiger partial charge in [-0.1, -0.05) is 79.2 Å². The molecule has 355 valence electrons. The summed E-state index contributed by atoms with van der Waals surface area (Å²) in [5.74, 6) is 0.567. The molecule has 0 spiro atoms. The summed E-state index contributed by atoms with van der Waals surface area (Å²) in [5, 5.41) is 0. The first kappa shape index (κ1) is 65.1. The molecular weight excluding hydrogens is 1190 g/mol. The summed E-state index contributed by atoms with van der Waals surface area (Å²) in [6, 6.07) is 38.1. The standard InChI is InChI=1S/C8H10AtN3.C8H10N3.2C7H8.4C4H9.2C3H7.CH4.H2O.2Sn/c9-7-3-1-2-6(4-7)5-12-8(10)11;9-8(10)11-6-7-4-2-1-3-5-7;2*1-7-5-3-2-4-6-7;4*1-3-4-2;2*1-3-2;;;;/h1-4H,5H2,(H4,10,11,12);1-2,4-5H,6H2,(H4,9,10,11);2*2-6H,1H3;4*1,3-4H2,2H3;2*1,3H2,2H3;1H4;1H2;;/p+2/i9+1;;;;;;;;;;;;;. The number of aryl methyl sites for hydroxylation is 2. The normalized spacial score (nSPS) is 10.0. The van der Waals surface area contributed by atoms with Crippen LogP contribution < -0.4 is 39.8 Å². The van der Waals surface area contributed by atoms with Crippen LogP contribution in [0.4, 0.5) is 0 Å². The van der Waals surface area contributed by atoms with E-state index >= 15 is 0 Å². The molecule has 4 rings (SSSR count). The molecule has 4 aromatic carbocycles. The van der Waals surface area contributed by atoms with Crippen molar-refractivity contribution in [2.45, 2.75) is 167 Å². The van der Waals surface area contributed by atoms with E-state index in [4.69, 9.17) is 22.9 Å². The van der Waals surface area contributed by atoms with Crippen molar-refractivity contribution in [3.63, 3.8) is 0 Å². The fourth-order valence-electron chi connectivity index (χ4n) is 7.03. The molecule has 0 saturated heterocycles. The first-order valence-electron chi connectivity index (χ1n) is 23.3. The van der Waals surface area contributed by atoms with E-state index in [2.05, 4.69) is 126 Å². The van der Waals surface area contributed by atoms with Crippen LogP contribution in [-0.4, -0.2) is 55.5 Å². The van der Waals surface area contributed by atoms with E-state index < -0.39 is 38.1 Å². The molecule has 0 unspecified atom stereocenters. The average molecular weight is 1280 g/mol. The monoisotopic (exact) mass is 1280 g/mol. The molecular formula is C53H94AtN6OSn2+2. The van der Waals surface area contributed by atoms with Gasteiger partial charge in [0.05, 0.1) is 0 Å². The maximum atomic E-state index is 5.54. The molecule has 0 bridgehead atoms. The van der Waals surface area contributed by atoms with Crippen molar-refractivity contribution in [1.29, 1.82) is 0 Å². The molecule has 0 aliphatic carbocycles. The van der Waals surface area contributed by atoms with Gasteiger partial charge in [0.1, 0.15) is 0 Å². The predicted molar refractivity (Wildman–Crippen MR) is 282 cm³/mol. The fraction of sp³-hybridized carbons (Fsp3) is 0.509. The van der Waals surface area contributed by atoms with Crippen LogP contribution in [0.5, 0.6) is 0 Å². The van der Waals surface area contributed by atoms with Crippen LogP contribution in [0.25, 0.3) is 0 Å². The molecule has 0 heterocycles. The van der Waals surface area contributed by atoms with Crippen molar-refractivity contribution in [2.24, 2.45) is 22.9 Å². The number of hydrogen-bond donors (Lipinski definition) is 6. The summed E-state index contributed by atoms with van der Waals surface area (Å²) in [6.45, 7) is 19.6. The van der Waals surface area contributed by atoms with Crippen LogP contribution in [0.3, 0.4) is 0 Å². The second-order valence-electron chi connectivity index (χ2n) is 16.2. The van der Waals surface area contributed by atoms with E-state index in [1.54, 1.807) is 41.6 Å². The largest absolute Gasteiger partial charge is 0.412 e. The third kappa shape index (κ3) is 35.8. The smallest absolute Gasteiger partial charge is 0.412 e. The van der Waals surface area contributed by atoms with Crippen LogP contribution in [0, 0.1) is 38.6 Å². The van der Waals surface area contributed by atoms with E-state index in [1.807, 2.05) is 48.5 Å². The van der Waals surface area contributed by atoms with E-state index in [9.17, 15) is 0 Å². The summed E-state index contributed by atoms with van der Waals surface area (Å²) < 4.78 is 12.5. The third-order valence-corrected chi connectivity index (χ3v) is 36.9. The zero-order chi connectivity index (χ0) is 45.6.